The minimum absolute atomic E-state index is 0.109. The number of nitriles is 1. The summed E-state index contributed by atoms with van der Waals surface area (Å²) in [7, 11) is 1.58. The molecule has 0 N–H and O–H groups in total. The molecule has 0 saturated carbocycles. The maximum absolute atomic E-state index is 11.6. The van der Waals surface area contributed by atoms with Crippen LogP contribution in [0.1, 0.15) is 12.7 Å². The third kappa shape index (κ3) is 3.36. The quantitative estimate of drug-likeness (QED) is 0.480. The Bertz CT molecular complexity index is 737. The van der Waals surface area contributed by atoms with Gasteiger partial charge in [-0.15, -0.1) is 0 Å². The molecular weight excluding hydrogens is 282 g/mol. The van der Waals surface area contributed by atoms with Gasteiger partial charge in [-0.3, -0.25) is 0 Å². The summed E-state index contributed by atoms with van der Waals surface area (Å²) in [6, 6.07) is 12.7. The Morgan fingerprint density at radius 3 is 2.77 bits per heavy atom. The van der Waals surface area contributed by atoms with E-state index in [9.17, 15) is 4.79 Å². The van der Waals surface area contributed by atoms with Crippen molar-refractivity contribution in [2.75, 3.05) is 13.7 Å². The average Bonchev–Trinajstić information content (AvgIpc) is 3.01. The summed E-state index contributed by atoms with van der Waals surface area (Å²) in [6.45, 7) is 1.89. The molecule has 0 radical (unpaired) electrons. The van der Waals surface area contributed by atoms with Gasteiger partial charge >= 0.3 is 5.97 Å². The first-order chi connectivity index (χ1) is 10.7. The first-order valence-corrected chi connectivity index (χ1v) is 6.71. The van der Waals surface area contributed by atoms with Gasteiger partial charge in [-0.05, 0) is 31.2 Å². The topological polar surface area (TPSA) is 72.5 Å². The lowest BCUT2D eigenvalue weighted by atomic mass is 10.1. The fourth-order valence-corrected chi connectivity index (χ4v) is 1.91. The highest BCUT2D eigenvalue weighted by Crippen LogP contribution is 2.31. The van der Waals surface area contributed by atoms with E-state index in [4.69, 9.17) is 19.2 Å². The number of hydrogen-bond donors (Lipinski definition) is 0. The predicted octanol–water partition coefficient (Wildman–Crippen LogP) is 3.43. The van der Waals surface area contributed by atoms with Crippen LogP contribution < -0.4 is 4.74 Å². The van der Waals surface area contributed by atoms with Gasteiger partial charge in [0.2, 0.25) is 0 Å². The lowest BCUT2D eigenvalue weighted by molar-refractivity contribution is -0.137. The zero-order chi connectivity index (χ0) is 15.9. The second kappa shape index (κ2) is 7.14. The molecule has 1 aromatic heterocycles. The fourth-order valence-electron chi connectivity index (χ4n) is 1.91. The van der Waals surface area contributed by atoms with E-state index < -0.39 is 5.97 Å². The van der Waals surface area contributed by atoms with Gasteiger partial charge < -0.3 is 13.9 Å². The summed E-state index contributed by atoms with van der Waals surface area (Å²) < 4.78 is 15.7. The number of hydrogen-bond acceptors (Lipinski definition) is 5. The van der Waals surface area contributed by atoms with Crippen molar-refractivity contribution in [1.29, 1.82) is 5.26 Å². The molecule has 1 heterocycles. The van der Waals surface area contributed by atoms with Crippen LogP contribution in [-0.4, -0.2) is 19.7 Å². The summed E-state index contributed by atoms with van der Waals surface area (Å²) in [4.78, 5) is 11.6. The summed E-state index contributed by atoms with van der Waals surface area (Å²) in [5, 5.41) is 9.01. The van der Waals surface area contributed by atoms with Gasteiger partial charge in [0.05, 0.1) is 19.3 Å². The average molecular weight is 297 g/mol. The first-order valence-electron chi connectivity index (χ1n) is 6.71. The zero-order valence-electron chi connectivity index (χ0n) is 12.3. The van der Waals surface area contributed by atoms with Crippen molar-refractivity contribution in [3.8, 4) is 23.1 Å². The highest BCUT2D eigenvalue weighted by molar-refractivity contribution is 5.97. The van der Waals surface area contributed by atoms with E-state index in [2.05, 4.69) is 0 Å². The van der Waals surface area contributed by atoms with E-state index in [1.54, 1.807) is 26.2 Å². The standard InChI is InChI=1S/C17H15NO4/c1-3-21-17(19)12(11-18)10-13-8-9-16(22-13)14-6-4-5-7-15(14)20-2/h4-10H,3H2,1-2H3/b12-10-. The Morgan fingerprint density at radius 1 is 1.32 bits per heavy atom. The molecule has 5 nitrogen and oxygen atoms in total. The van der Waals surface area contributed by atoms with Crippen molar-refractivity contribution in [3.05, 3.63) is 47.7 Å². The number of carbonyl (C=O) groups is 1. The van der Waals surface area contributed by atoms with E-state index in [1.807, 2.05) is 30.3 Å². The number of methoxy groups -OCH3 is 1. The molecule has 5 heteroatoms. The van der Waals surface area contributed by atoms with Gasteiger partial charge in [0.15, 0.2) is 0 Å². The van der Waals surface area contributed by atoms with Gasteiger partial charge in [-0.1, -0.05) is 12.1 Å². The maximum Gasteiger partial charge on any atom is 0.349 e. The largest absolute Gasteiger partial charge is 0.496 e. The number of ether oxygens (including phenoxy) is 2. The molecule has 1 aromatic carbocycles. The summed E-state index contributed by atoms with van der Waals surface area (Å²) in [5.41, 5.74) is 0.682. The Hall–Kier alpha value is -3.00. The molecular formula is C17H15NO4. The van der Waals surface area contributed by atoms with E-state index in [0.29, 0.717) is 17.3 Å². The third-order valence-corrected chi connectivity index (χ3v) is 2.90. The number of furan rings is 1. The number of carbonyl (C=O) groups excluding carboxylic acids is 1. The Kier molecular flexibility index (Phi) is 4.99. The van der Waals surface area contributed by atoms with Crippen molar-refractivity contribution < 1.29 is 18.7 Å². The van der Waals surface area contributed by atoms with Crippen LogP contribution in [0, 0.1) is 11.3 Å². The summed E-state index contributed by atoms with van der Waals surface area (Å²) in [6.07, 6.45) is 1.36. The van der Waals surface area contributed by atoms with Crippen LogP contribution in [0.5, 0.6) is 5.75 Å². The van der Waals surface area contributed by atoms with Crippen LogP contribution in [0.15, 0.2) is 46.4 Å². The number of nitrogens with zero attached hydrogens (tertiary/aromatic N) is 1. The van der Waals surface area contributed by atoms with E-state index in [0.717, 1.165) is 5.56 Å². The molecule has 0 bridgehead atoms. The molecule has 0 amide bonds. The Labute approximate surface area is 128 Å². The Balaban J connectivity index is 2.32. The van der Waals surface area contributed by atoms with Crippen LogP contribution in [0.3, 0.4) is 0 Å². The van der Waals surface area contributed by atoms with Gasteiger partial charge in [0, 0.05) is 6.08 Å². The molecule has 2 aromatic rings. The van der Waals surface area contributed by atoms with Gasteiger partial charge in [-0.25, -0.2) is 4.79 Å². The molecule has 0 unspecified atom stereocenters. The van der Waals surface area contributed by atoms with Crippen LogP contribution in [-0.2, 0) is 9.53 Å². The number of para-hydroxylation sites is 1. The highest BCUT2D eigenvalue weighted by atomic mass is 16.5. The minimum Gasteiger partial charge on any atom is -0.496 e. The fraction of sp³-hybridized carbons (Fsp3) is 0.176. The van der Waals surface area contributed by atoms with E-state index >= 15 is 0 Å². The number of rotatable bonds is 5. The summed E-state index contributed by atoms with van der Waals surface area (Å²) >= 11 is 0. The van der Waals surface area contributed by atoms with Gasteiger partial charge in [0.1, 0.15) is 28.9 Å². The van der Waals surface area contributed by atoms with Crippen molar-refractivity contribution in [2.24, 2.45) is 0 Å². The molecule has 0 atom stereocenters. The van der Waals surface area contributed by atoms with Gasteiger partial charge in [0.25, 0.3) is 0 Å². The van der Waals surface area contributed by atoms with Gasteiger partial charge in [-0.2, -0.15) is 5.26 Å². The molecule has 0 aliphatic carbocycles. The molecule has 112 valence electrons. The molecule has 0 aliphatic rings. The second-order valence-corrected chi connectivity index (χ2v) is 4.29. The molecule has 0 fully saturated rings. The van der Waals surface area contributed by atoms with Crippen LogP contribution in [0.4, 0.5) is 0 Å². The number of benzene rings is 1. The van der Waals surface area contributed by atoms with Crippen molar-refractivity contribution in [1.82, 2.24) is 0 Å². The number of esters is 1. The second-order valence-electron chi connectivity index (χ2n) is 4.29. The van der Waals surface area contributed by atoms with Crippen molar-refractivity contribution in [2.45, 2.75) is 6.92 Å². The van der Waals surface area contributed by atoms with Crippen LogP contribution in [0.25, 0.3) is 17.4 Å². The normalized spacial score (nSPS) is 10.9. The lowest BCUT2D eigenvalue weighted by Crippen LogP contribution is -2.05. The van der Waals surface area contributed by atoms with Crippen LogP contribution in [0.2, 0.25) is 0 Å². The van der Waals surface area contributed by atoms with E-state index in [-0.39, 0.29) is 12.2 Å². The monoisotopic (exact) mass is 297 g/mol. The van der Waals surface area contributed by atoms with Crippen molar-refractivity contribution >= 4 is 12.0 Å². The van der Waals surface area contributed by atoms with Crippen LogP contribution >= 0.6 is 0 Å². The lowest BCUT2D eigenvalue weighted by Gasteiger charge is -2.04. The molecule has 0 aliphatic heterocycles. The minimum atomic E-state index is -0.666. The highest BCUT2D eigenvalue weighted by Gasteiger charge is 2.13. The smallest absolute Gasteiger partial charge is 0.349 e. The maximum atomic E-state index is 11.6. The Morgan fingerprint density at radius 2 is 2.09 bits per heavy atom. The molecule has 22 heavy (non-hydrogen) atoms. The van der Waals surface area contributed by atoms with Crippen molar-refractivity contribution in [3.63, 3.8) is 0 Å². The third-order valence-electron chi connectivity index (χ3n) is 2.90. The first kappa shape index (κ1) is 15.4. The SMILES string of the molecule is CCOC(=O)/C(C#N)=C\c1ccc(-c2ccccc2OC)o1. The summed E-state index contributed by atoms with van der Waals surface area (Å²) in [5.74, 6) is 0.994. The van der Waals surface area contributed by atoms with E-state index in [1.165, 1.54) is 6.08 Å². The molecule has 0 saturated heterocycles. The molecule has 2 rings (SSSR count). The molecule has 0 spiro atoms. The predicted molar refractivity (Wildman–Crippen MR) is 80.9 cm³/mol. The zero-order valence-corrected chi connectivity index (χ0v) is 12.3.